The van der Waals surface area contributed by atoms with Gasteiger partial charge in [0.05, 0.1) is 27.6 Å². The number of rotatable bonds is 6. The third-order valence-corrected chi connectivity index (χ3v) is 5.19. The molecule has 0 saturated carbocycles. The number of halogens is 2. The molecule has 0 amide bonds. The molecular formula is C24H16Cl2O6. The lowest BCUT2D eigenvalue weighted by Gasteiger charge is -2.11. The van der Waals surface area contributed by atoms with Gasteiger partial charge in [-0.2, -0.15) is 0 Å². The lowest BCUT2D eigenvalue weighted by Crippen LogP contribution is -2.09. The van der Waals surface area contributed by atoms with Crippen LogP contribution in [0.15, 0.2) is 76.1 Å². The second-order valence-corrected chi connectivity index (χ2v) is 7.40. The average Bonchev–Trinajstić information content (AvgIpc) is 2.79. The summed E-state index contributed by atoms with van der Waals surface area (Å²) in [5, 5.41) is 0.840. The third kappa shape index (κ3) is 4.56. The van der Waals surface area contributed by atoms with Crippen molar-refractivity contribution in [2.24, 2.45) is 0 Å². The minimum Gasteiger partial charge on any atom is -0.490 e. The largest absolute Gasteiger partial charge is 0.490 e. The highest BCUT2D eigenvalue weighted by atomic mass is 35.5. The summed E-state index contributed by atoms with van der Waals surface area (Å²) < 4.78 is 22.2. The van der Waals surface area contributed by atoms with E-state index in [1.165, 1.54) is 42.7 Å². The molecule has 1 heterocycles. The van der Waals surface area contributed by atoms with Crippen molar-refractivity contribution in [3.05, 3.63) is 92.8 Å². The van der Waals surface area contributed by atoms with Crippen LogP contribution in [0.25, 0.3) is 11.0 Å². The van der Waals surface area contributed by atoms with Gasteiger partial charge in [-0.3, -0.25) is 4.79 Å². The molecule has 0 unspecified atom stereocenters. The fourth-order valence-corrected chi connectivity index (χ4v) is 3.24. The topological polar surface area (TPSA) is 75.0 Å². The maximum absolute atomic E-state index is 12.9. The first-order valence-electron chi connectivity index (χ1n) is 9.58. The van der Waals surface area contributed by atoms with E-state index in [1.54, 1.807) is 18.2 Å². The van der Waals surface area contributed by atoms with Crippen LogP contribution >= 0.6 is 23.2 Å². The number of hydrogen-bond acceptors (Lipinski definition) is 6. The Labute approximate surface area is 192 Å². The smallest absolute Gasteiger partial charge is 0.343 e. The fraction of sp³-hybridized carbons (Fsp3) is 0.0833. The van der Waals surface area contributed by atoms with Crippen molar-refractivity contribution in [1.29, 1.82) is 0 Å². The Balaban J connectivity index is 1.59. The number of para-hydroxylation sites is 2. The van der Waals surface area contributed by atoms with Crippen molar-refractivity contribution >= 4 is 40.1 Å². The molecule has 3 aromatic carbocycles. The van der Waals surface area contributed by atoms with Crippen molar-refractivity contribution in [3.63, 3.8) is 0 Å². The molecule has 1 aromatic heterocycles. The van der Waals surface area contributed by atoms with Gasteiger partial charge in [-0.15, -0.1) is 0 Å². The third-order valence-electron chi connectivity index (χ3n) is 4.45. The maximum Gasteiger partial charge on any atom is 0.343 e. The van der Waals surface area contributed by atoms with Gasteiger partial charge in [0.1, 0.15) is 17.6 Å². The lowest BCUT2D eigenvalue weighted by atomic mass is 10.2. The number of benzene rings is 3. The Hall–Kier alpha value is -3.48. The van der Waals surface area contributed by atoms with E-state index in [0.29, 0.717) is 23.1 Å². The summed E-state index contributed by atoms with van der Waals surface area (Å²) in [7, 11) is 0. The number of ether oxygens (including phenoxy) is 3. The molecule has 0 fully saturated rings. The molecule has 162 valence electrons. The highest BCUT2D eigenvalue weighted by Gasteiger charge is 2.15. The van der Waals surface area contributed by atoms with Gasteiger partial charge in [-0.1, -0.05) is 35.3 Å². The molecule has 32 heavy (non-hydrogen) atoms. The van der Waals surface area contributed by atoms with Crippen molar-refractivity contribution in [2.75, 3.05) is 6.61 Å². The summed E-state index contributed by atoms with van der Waals surface area (Å²) >= 11 is 11.8. The van der Waals surface area contributed by atoms with Crippen LogP contribution in [0.4, 0.5) is 0 Å². The first-order chi connectivity index (χ1) is 15.5. The Bertz CT molecular complexity index is 1360. The zero-order valence-corrected chi connectivity index (χ0v) is 18.3. The van der Waals surface area contributed by atoms with E-state index >= 15 is 0 Å². The number of carbonyl (C=O) groups is 1. The summed E-state index contributed by atoms with van der Waals surface area (Å²) in [5.74, 6) is 0.488. The number of carbonyl (C=O) groups excluding carboxylic acids is 1. The van der Waals surface area contributed by atoms with Crippen LogP contribution in [0.5, 0.6) is 23.0 Å². The van der Waals surface area contributed by atoms with Gasteiger partial charge < -0.3 is 18.6 Å². The fourth-order valence-electron chi connectivity index (χ4n) is 2.94. The first kappa shape index (κ1) is 21.7. The van der Waals surface area contributed by atoms with E-state index in [-0.39, 0.29) is 38.5 Å². The predicted molar refractivity (Wildman–Crippen MR) is 122 cm³/mol. The zero-order valence-electron chi connectivity index (χ0n) is 16.8. The Morgan fingerprint density at radius 3 is 2.47 bits per heavy atom. The Morgan fingerprint density at radius 1 is 0.938 bits per heavy atom. The molecule has 0 atom stereocenters. The van der Waals surface area contributed by atoms with Gasteiger partial charge in [-0.25, -0.2) is 4.79 Å². The van der Waals surface area contributed by atoms with Gasteiger partial charge in [0.25, 0.3) is 0 Å². The van der Waals surface area contributed by atoms with Gasteiger partial charge in [0.2, 0.25) is 11.2 Å². The molecular weight excluding hydrogens is 455 g/mol. The molecule has 0 radical (unpaired) electrons. The molecule has 0 aliphatic heterocycles. The molecule has 0 aliphatic carbocycles. The van der Waals surface area contributed by atoms with E-state index in [9.17, 15) is 9.59 Å². The SMILES string of the molecule is CCOc1ccccc1Oc1coc2cc(OC(=O)c3ccc(Cl)c(Cl)c3)ccc2c1=O. The average molecular weight is 471 g/mol. The Morgan fingerprint density at radius 2 is 1.72 bits per heavy atom. The summed E-state index contributed by atoms with van der Waals surface area (Å²) in [6.07, 6.45) is 1.21. The van der Waals surface area contributed by atoms with E-state index < -0.39 is 5.97 Å². The second kappa shape index (κ2) is 9.34. The van der Waals surface area contributed by atoms with Gasteiger partial charge in [-0.05, 0) is 49.4 Å². The van der Waals surface area contributed by atoms with Gasteiger partial charge in [0, 0.05) is 6.07 Å². The molecule has 4 rings (SSSR count). The standard InChI is InChI=1S/C24H16Cl2O6/c1-2-29-19-5-3-4-6-20(19)32-22-13-30-21-12-15(8-9-16(21)23(22)27)31-24(28)14-7-10-17(25)18(26)11-14/h3-13H,2H2,1H3. The van der Waals surface area contributed by atoms with Crippen molar-refractivity contribution in [3.8, 4) is 23.0 Å². The highest BCUT2D eigenvalue weighted by molar-refractivity contribution is 6.42. The van der Waals surface area contributed by atoms with Crippen molar-refractivity contribution in [1.82, 2.24) is 0 Å². The monoisotopic (exact) mass is 470 g/mol. The number of esters is 1. The van der Waals surface area contributed by atoms with Crippen molar-refractivity contribution in [2.45, 2.75) is 6.92 Å². The summed E-state index contributed by atoms with van der Waals surface area (Å²) in [5.41, 5.74) is 0.0949. The minimum atomic E-state index is -0.627. The minimum absolute atomic E-state index is 0.00482. The van der Waals surface area contributed by atoms with Gasteiger partial charge >= 0.3 is 5.97 Å². The number of fused-ring (bicyclic) bond motifs is 1. The summed E-state index contributed by atoms with van der Waals surface area (Å²) in [6, 6.07) is 15.9. The summed E-state index contributed by atoms with van der Waals surface area (Å²) in [4.78, 5) is 25.2. The van der Waals surface area contributed by atoms with E-state index in [0.717, 1.165) is 0 Å². The number of hydrogen-bond donors (Lipinski definition) is 0. The van der Waals surface area contributed by atoms with Crippen molar-refractivity contribution < 1.29 is 23.4 Å². The lowest BCUT2D eigenvalue weighted by molar-refractivity contribution is 0.0735. The molecule has 0 aliphatic rings. The molecule has 0 N–H and O–H groups in total. The molecule has 4 aromatic rings. The quantitative estimate of drug-likeness (QED) is 0.236. The molecule has 6 nitrogen and oxygen atoms in total. The maximum atomic E-state index is 12.9. The highest BCUT2D eigenvalue weighted by Crippen LogP contribution is 2.31. The van der Waals surface area contributed by atoms with Gasteiger partial charge in [0.15, 0.2) is 11.5 Å². The van der Waals surface area contributed by atoms with E-state index in [4.69, 9.17) is 41.8 Å². The second-order valence-electron chi connectivity index (χ2n) is 6.59. The van der Waals surface area contributed by atoms with Crippen LogP contribution in [0.2, 0.25) is 10.0 Å². The summed E-state index contributed by atoms with van der Waals surface area (Å²) in [6.45, 7) is 2.31. The zero-order chi connectivity index (χ0) is 22.7. The van der Waals surface area contributed by atoms with Crippen LogP contribution in [-0.2, 0) is 0 Å². The van der Waals surface area contributed by atoms with E-state index in [2.05, 4.69) is 0 Å². The van der Waals surface area contributed by atoms with Crippen LogP contribution in [0.3, 0.4) is 0 Å². The normalized spacial score (nSPS) is 10.7. The van der Waals surface area contributed by atoms with Crippen LogP contribution in [0.1, 0.15) is 17.3 Å². The van der Waals surface area contributed by atoms with Crippen LogP contribution in [-0.4, -0.2) is 12.6 Å². The molecule has 0 spiro atoms. The van der Waals surface area contributed by atoms with Crippen LogP contribution < -0.4 is 19.6 Å². The molecule has 8 heteroatoms. The van der Waals surface area contributed by atoms with Crippen LogP contribution in [0, 0.1) is 0 Å². The Kier molecular flexibility index (Phi) is 6.35. The molecule has 0 saturated heterocycles. The van der Waals surface area contributed by atoms with E-state index in [1.807, 2.05) is 13.0 Å². The predicted octanol–water partition coefficient (Wildman–Crippen LogP) is 6.51. The first-order valence-corrected chi connectivity index (χ1v) is 10.3. The molecule has 0 bridgehead atoms.